The van der Waals surface area contributed by atoms with Crippen molar-refractivity contribution in [3.63, 3.8) is 0 Å². The summed E-state index contributed by atoms with van der Waals surface area (Å²) >= 11 is 0. The highest BCUT2D eigenvalue weighted by atomic mass is 16.5. The summed E-state index contributed by atoms with van der Waals surface area (Å²) in [6, 6.07) is 11.7. The molecule has 160 valence electrons. The van der Waals surface area contributed by atoms with Crippen molar-refractivity contribution in [1.29, 1.82) is 0 Å². The second kappa shape index (κ2) is 8.64. The predicted molar refractivity (Wildman–Crippen MR) is 116 cm³/mol. The molecule has 0 aliphatic carbocycles. The highest BCUT2D eigenvalue weighted by Gasteiger charge is 2.43. The molecular formula is C24H31N3O3. The lowest BCUT2D eigenvalue weighted by Crippen LogP contribution is -2.45. The maximum Gasteiger partial charge on any atom is 0.272 e. The van der Waals surface area contributed by atoms with Gasteiger partial charge in [-0.1, -0.05) is 18.2 Å². The van der Waals surface area contributed by atoms with E-state index in [1.54, 1.807) is 14.2 Å². The third-order valence-electron chi connectivity index (χ3n) is 6.45. The van der Waals surface area contributed by atoms with Gasteiger partial charge in [-0.3, -0.25) is 9.69 Å². The molecule has 1 amide bonds. The van der Waals surface area contributed by atoms with E-state index in [0.29, 0.717) is 5.69 Å². The van der Waals surface area contributed by atoms with Crippen LogP contribution in [0.25, 0.3) is 0 Å². The molecule has 1 spiro atoms. The van der Waals surface area contributed by atoms with Crippen molar-refractivity contribution in [2.45, 2.75) is 32.7 Å². The molecule has 1 aromatic carbocycles. The average molecular weight is 410 g/mol. The minimum atomic E-state index is 0.0576. The maximum atomic E-state index is 13.0. The molecule has 2 fully saturated rings. The lowest BCUT2D eigenvalue weighted by molar-refractivity contribution is 0.0669. The van der Waals surface area contributed by atoms with Crippen LogP contribution in [-0.4, -0.2) is 61.1 Å². The summed E-state index contributed by atoms with van der Waals surface area (Å²) in [7, 11) is 3.36. The molecule has 1 atom stereocenters. The van der Waals surface area contributed by atoms with Crippen LogP contribution >= 0.6 is 0 Å². The van der Waals surface area contributed by atoms with Gasteiger partial charge in [-0.25, -0.2) is 4.98 Å². The molecule has 1 aromatic heterocycles. The number of likely N-dealkylation sites (tertiary alicyclic amines) is 2. The van der Waals surface area contributed by atoms with E-state index in [1.165, 1.54) is 6.42 Å². The van der Waals surface area contributed by atoms with Gasteiger partial charge < -0.3 is 14.4 Å². The van der Waals surface area contributed by atoms with Crippen LogP contribution in [0, 0.1) is 12.3 Å². The Kier molecular flexibility index (Phi) is 5.95. The van der Waals surface area contributed by atoms with E-state index in [0.717, 1.165) is 68.3 Å². The van der Waals surface area contributed by atoms with Gasteiger partial charge in [0.25, 0.3) is 5.91 Å². The number of aryl methyl sites for hydroxylation is 1. The second-order valence-electron chi connectivity index (χ2n) is 8.61. The number of amides is 1. The lowest BCUT2D eigenvalue weighted by atomic mass is 9.79. The molecule has 0 N–H and O–H groups in total. The number of rotatable bonds is 5. The van der Waals surface area contributed by atoms with Crippen molar-refractivity contribution in [1.82, 2.24) is 14.8 Å². The van der Waals surface area contributed by atoms with Crippen molar-refractivity contribution >= 4 is 5.91 Å². The number of nitrogens with zero attached hydrogens (tertiary/aromatic N) is 3. The second-order valence-corrected chi connectivity index (χ2v) is 8.61. The number of carbonyl (C=O) groups is 1. The van der Waals surface area contributed by atoms with E-state index in [1.807, 2.05) is 42.2 Å². The molecule has 0 radical (unpaired) electrons. The number of methoxy groups -OCH3 is 2. The summed E-state index contributed by atoms with van der Waals surface area (Å²) in [6.07, 6.45) is 3.37. The Bertz CT molecular complexity index is 916. The van der Waals surface area contributed by atoms with Crippen molar-refractivity contribution in [2.24, 2.45) is 5.41 Å². The number of hydrogen-bond donors (Lipinski definition) is 0. The van der Waals surface area contributed by atoms with Crippen LogP contribution in [0.2, 0.25) is 0 Å². The Morgan fingerprint density at radius 3 is 2.67 bits per heavy atom. The van der Waals surface area contributed by atoms with E-state index in [9.17, 15) is 4.79 Å². The number of benzene rings is 1. The van der Waals surface area contributed by atoms with Crippen LogP contribution in [0.15, 0.2) is 36.4 Å². The van der Waals surface area contributed by atoms with E-state index in [2.05, 4.69) is 16.0 Å². The van der Waals surface area contributed by atoms with Crippen molar-refractivity contribution in [2.75, 3.05) is 40.4 Å². The minimum Gasteiger partial charge on any atom is -0.493 e. The number of pyridine rings is 1. The Balaban J connectivity index is 1.45. The molecule has 6 nitrogen and oxygen atoms in total. The van der Waals surface area contributed by atoms with E-state index >= 15 is 0 Å². The van der Waals surface area contributed by atoms with Gasteiger partial charge in [0.1, 0.15) is 5.69 Å². The third-order valence-corrected chi connectivity index (χ3v) is 6.45. The third kappa shape index (κ3) is 4.15. The van der Waals surface area contributed by atoms with Crippen LogP contribution in [0.5, 0.6) is 11.5 Å². The van der Waals surface area contributed by atoms with Gasteiger partial charge in [0, 0.05) is 42.9 Å². The summed E-state index contributed by atoms with van der Waals surface area (Å²) in [5.41, 5.74) is 2.75. The average Bonchev–Trinajstić information content (AvgIpc) is 3.16. The van der Waals surface area contributed by atoms with Crippen LogP contribution in [-0.2, 0) is 6.54 Å². The summed E-state index contributed by atoms with van der Waals surface area (Å²) < 4.78 is 11.1. The normalized spacial score (nSPS) is 21.8. The summed E-state index contributed by atoms with van der Waals surface area (Å²) in [6.45, 7) is 6.44. The fourth-order valence-electron chi connectivity index (χ4n) is 5.03. The highest BCUT2D eigenvalue weighted by molar-refractivity contribution is 5.92. The first-order chi connectivity index (χ1) is 14.5. The molecule has 0 unspecified atom stereocenters. The number of hydrogen-bond acceptors (Lipinski definition) is 5. The summed E-state index contributed by atoms with van der Waals surface area (Å²) in [5, 5.41) is 0. The molecule has 6 heteroatoms. The molecule has 2 aliphatic rings. The number of para-hydroxylation sites is 1. The monoisotopic (exact) mass is 409 g/mol. The molecule has 0 saturated carbocycles. The van der Waals surface area contributed by atoms with Gasteiger partial charge in [-0.2, -0.15) is 0 Å². The fourth-order valence-corrected chi connectivity index (χ4v) is 5.03. The molecule has 0 bridgehead atoms. The van der Waals surface area contributed by atoms with E-state index < -0.39 is 0 Å². The van der Waals surface area contributed by atoms with Gasteiger partial charge in [-0.05, 0) is 50.9 Å². The number of piperidine rings is 1. The molecule has 2 saturated heterocycles. The number of aromatic nitrogens is 1. The Morgan fingerprint density at radius 1 is 1.07 bits per heavy atom. The first kappa shape index (κ1) is 20.7. The number of ether oxygens (including phenoxy) is 2. The molecule has 3 heterocycles. The van der Waals surface area contributed by atoms with Crippen LogP contribution in [0.3, 0.4) is 0 Å². The van der Waals surface area contributed by atoms with E-state index in [-0.39, 0.29) is 11.3 Å². The standard InChI is InChI=1S/C24H31N3O3/c1-18-7-4-9-20(25-18)23(28)27-14-12-24(17-27)11-6-13-26(16-24)15-19-8-5-10-21(29-2)22(19)30-3/h4-5,7-10H,6,11-17H2,1-3H3/t24-/m1/s1. The van der Waals surface area contributed by atoms with Crippen molar-refractivity contribution in [3.05, 3.63) is 53.3 Å². The maximum absolute atomic E-state index is 13.0. The van der Waals surface area contributed by atoms with E-state index in [4.69, 9.17) is 9.47 Å². The van der Waals surface area contributed by atoms with Crippen molar-refractivity contribution in [3.8, 4) is 11.5 Å². The molecule has 2 aromatic rings. The topological polar surface area (TPSA) is 54.9 Å². The van der Waals surface area contributed by atoms with Gasteiger partial charge >= 0.3 is 0 Å². The lowest BCUT2D eigenvalue weighted by Gasteiger charge is -2.40. The van der Waals surface area contributed by atoms with Crippen LogP contribution in [0.4, 0.5) is 0 Å². The molecule has 2 aliphatic heterocycles. The first-order valence-corrected chi connectivity index (χ1v) is 10.7. The predicted octanol–water partition coefficient (Wildman–Crippen LogP) is 3.54. The van der Waals surface area contributed by atoms with Gasteiger partial charge in [0.05, 0.1) is 14.2 Å². The molecule has 30 heavy (non-hydrogen) atoms. The molecular weight excluding hydrogens is 378 g/mol. The zero-order valence-corrected chi connectivity index (χ0v) is 18.2. The Morgan fingerprint density at radius 2 is 1.90 bits per heavy atom. The quantitative estimate of drug-likeness (QED) is 0.756. The minimum absolute atomic E-state index is 0.0576. The van der Waals surface area contributed by atoms with Crippen LogP contribution in [0.1, 0.15) is 41.0 Å². The van der Waals surface area contributed by atoms with Crippen LogP contribution < -0.4 is 9.47 Å². The SMILES string of the molecule is COc1cccc(CN2CCC[C@@]3(CCN(C(=O)c4cccc(C)n4)C3)C2)c1OC. The highest BCUT2D eigenvalue weighted by Crippen LogP contribution is 2.40. The Hall–Kier alpha value is -2.60. The fraction of sp³-hybridized carbons (Fsp3) is 0.500. The largest absolute Gasteiger partial charge is 0.493 e. The zero-order chi connectivity index (χ0) is 21.1. The smallest absolute Gasteiger partial charge is 0.272 e. The van der Waals surface area contributed by atoms with Gasteiger partial charge in [0.15, 0.2) is 11.5 Å². The van der Waals surface area contributed by atoms with Gasteiger partial charge in [-0.15, -0.1) is 0 Å². The Labute approximate surface area is 178 Å². The summed E-state index contributed by atoms with van der Waals surface area (Å²) in [5.74, 6) is 1.64. The van der Waals surface area contributed by atoms with Gasteiger partial charge in [0.2, 0.25) is 0 Å². The summed E-state index contributed by atoms with van der Waals surface area (Å²) in [4.78, 5) is 21.9. The van der Waals surface area contributed by atoms with Crippen molar-refractivity contribution < 1.29 is 14.3 Å². The number of carbonyl (C=O) groups excluding carboxylic acids is 1. The zero-order valence-electron chi connectivity index (χ0n) is 18.2. The molecule has 4 rings (SSSR count). The first-order valence-electron chi connectivity index (χ1n) is 10.7.